The molecular weight excluding hydrogens is 224 g/mol. The lowest BCUT2D eigenvalue weighted by molar-refractivity contribution is 0.0289. The Labute approximate surface area is 101 Å². The second-order valence-electron chi connectivity index (χ2n) is 5.42. The van der Waals surface area contributed by atoms with Crippen molar-refractivity contribution in [2.24, 2.45) is 0 Å². The molecule has 2 aliphatic heterocycles. The normalized spacial score (nSPS) is 30.1. The summed E-state index contributed by atoms with van der Waals surface area (Å²) in [6.07, 6.45) is 0.843. The van der Waals surface area contributed by atoms with Gasteiger partial charge >= 0.3 is 6.09 Å². The molecule has 0 bridgehead atoms. The molecule has 5 heteroatoms. The molecule has 1 unspecified atom stereocenters. The number of nitrogens with zero attached hydrogens (tertiary/aromatic N) is 1. The van der Waals surface area contributed by atoms with E-state index < -0.39 is 5.60 Å². The van der Waals surface area contributed by atoms with Gasteiger partial charge in [0.15, 0.2) is 0 Å². The van der Waals surface area contributed by atoms with Gasteiger partial charge in [-0.25, -0.2) is 4.79 Å². The average Bonchev–Trinajstić information content (AvgIpc) is 2.74. The van der Waals surface area contributed by atoms with Crippen molar-refractivity contribution in [3.63, 3.8) is 0 Å². The Bertz CT molecular complexity index is 282. The van der Waals surface area contributed by atoms with Crippen LogP contribution in [-0.4, -0.2) is 46.9 Å². The molecule has 0 aromatic carbocycles. The van der Waals surface area contributed by atoms with Gasteiger partial charge in [0.25, 0.3) is 0 Å². The number of carbonyl (C=O) groups excluding carboxylic acids is 1. The van der Waals surface area contributed by atoms with E-state index in [1.165, 1.54) is 0 Å². The van der Waals surface area contributed by atoms with E-state index in [1.807, 2.05) is 37.4 Å². The molecule has 1 atom stereocenters. The molecule has 92 valence electrons. The first-order valence-corrected chi connectivity index (χ1v) is 6.76. The third kappa shape index (κ3) is 2.63. The van der Waals surface area contributed by atoms with E-state index in [2.05, 4.69) is 5.32 Å². The number of hydrogen-bond donors (Lipinski definition) is 1. The van der Waals surface area contributed by atoms with E-state index >= 15 is 0 Å². The van der Waals surface area contributed by atoms with Crippen LogP contribution in [0, 0.1) is 0 Å². The molecule has 1 spiro atoms. The molecule has 1 amide bonds. The van der Waals surface area contributed by atoms with Crippen molar-refractivity contribution in [2.45, 2.75) is 37.7 Å². The van der Waals surface area contributed by atoms with E-state index in [0.29, 0.717) is 0 Å². The average molecular weight is 244 g/mol. The zero-order chi connectivity index (χ0) is 11.8. The fourth-order valence-corrected chi connectivity index (χ4v) is 3.38. The third-order valence-corrected chi connectivity index (χ3v) is 4.25. The molecule has 4 nitrogen and oxygen atoms in total. The molecule has 2 fully saturated rings. The van der Waals surface area contributed by atoms with Crippen LogP contribution in [0.3, 0.4) is 0 Å². The van der Waals surface area contributed by atoms with Crippen molar-refractivity contribution in [3.05, 3.63) is 0 Å². The number of amides is 1. The van der Waals surface area contributed by atoms with Crippen molar-refractivity contribution in [3.8, 4) is 0 Å². The number of likely N-dealkylation sites (tertiary alicyclic amines) is 1. The lowest BCUT2D eigenvalue weighted by Gasteiger charge is -2.26. The second-order valence-corrected chi connectivity index (χ2v) is 6.90. The van der Waals surface area contributed by atoms with Gasteiger partial charge < -0.3 is 15.0 Å². The smallest absolute Gasteiger partial charge is 0.410 e. The zero-order valence-electron chi connectivity index (χ0n) is 10.2. The fraction of sp³-hybridized carbons (Fsp3) is 0.909. The van der Waals surface area contributed by atoms with Crippen LogP contribution in [0.15, 0.2) is 0 Å². The summed E-state index contributed by atoms with van der Waals surface area (Å²) in [5.74, 6) is 1.14. The Morgan fingerprint density at radius 3 is 2.81 bits per heavy atom. The SMILES string of the molecule is CC(C)(C)OC(=O)N1CCC2(C1)NCCS2. The molecule has 2 heterocycles. The van der Waals surface area contributed by atoms with Gasteiger partial charge in [0.1, 0.15) is 5.60 Å². The Kier molecular flexibility index (Phi) is 3.09. The Hall–Kier alpha value is -0.420. The van der Waals surface area contributed by atoms with E-state index in [4.69, 9.17) is 4.74 Å². The summed E-state index contributed by atoms with van der Waals surface area (Å²) in [5.41, 5.74) is -0.400. The molecule has 0 aromatic heterocycles. The lowest BCUT2D eigenvalue weighted by Crippen LogP contribution is -2.42. The van der Waals surface area contributed by atoms with Crippen LogP contribution in [-0.2, 0) is 4.74 Å². The molecular formula is C11H20N2O2S. The standard InChI is InChI=1S/C11H20N2O2S/c1-10(2,3)15-9(14)13-6-4-11(8-13)12-5-7-16-11/h12H,4-8H2,1-3H3. The van der Waals surface area contributed by atoms with Gasteiger partial charge in [0.05, 0.1) is 11.4 Å². The molecule has 16 heavy (non-hydrogen) atoms. The molecule has 0 saturated carbocycles. The first-order chi connectivity index (χ1) is 7.40. The van der Waals surface area contributed by atoms with E-state index in [-0.39, 0.29) is 11.0 Å². The van der Waals surface area contributed by atoms with Crippen LogP contribution in [0.4, 0.5) is 4.79 Å². The number of carbonyl (C=O) groups is 1. The van der Waals surface area contributed by atoms with E-state index in [9.17, 15) is 4.79 Å². The molecule has 0 radical (unpaired) electrons. The Morgan fingerprint density at radius 2 is 2.25 bits per heavy atom. The van der Waals surface area contributed by atoms with E-state index in [1.54, 1.807) is 0 Å². The van der Waals surface area contributed by atoms with Gasteiger partial charge in [-0.3, -0.25) is 0 Å². The van der Waals surface area contributed by atoms with Crippen LogP contribution < -0.4 is 5.32 Å². The summed E-state index contributed by atoms with van der Waals surface area (Å²) >= 11 is 1.93. The van der Waals surface area contributed by atoms with E-state index in [0.717, 1.165) is 31.8 Å². The quantitative estimate of drug-likeness (QED) is 0.703. The third-order valence-electron chi connectivity index (χ3n) is 2.81. The van der Waals surface area contributed by atoms with Crippen LogP contribution in [0.2, 0.25) is 0 Å². The molecule has 2 saturated heterocycles. The number of ether oxygens (including phenoxy) is 1. The van der Waals surface area contributed by atoms with Crippen molar-refractivity contribution < 1.29 is 9.53 Å². The van der Waals surface area contributed by atoms with Crippen molar-refractivity contribution >= 4 is 17.9 Å². The van der Waals surface area contributed by atoms with Crippen LogP contribution in [0.1, 0.15) is 27.2 Å². The number of nitrogens with one attached hydrogen (secondary N) is 1. The molecule has 2 rings (SSSR count). The summed E-state index contributed by atoms with van der Waals surface area (Å²) in [4.78, 5) is 13.8. The fourth-order valence-electron chi connectivity index (χ4n) is 2.10. The number of thioether (sulfide) groups is 1. The maximum Gasteiger partial charge on any atom is 0.410 e. The van der Waals surface area contributed by atoms with Crippen LogP contribution in [0.5, 0.6) is 0 Å². The Balaban J connectivity index is 1.91. The largest absolute Gasteiger partial charge is 0.444 e. The van der Waals surface area contributed by atoms with Gasteiger partial charge in [-0.1, -0.05) is 0 Å². The minimum atomic E-state index is -0.400. The van der Waals surface area contributed by atoms with Crippen LogP contribution in [0.25, 0.3) is 0 Å². The minimum Gasteiger partial charge on any atom is -0.444 e. The maximum atomic E-state index is 11.9. The Morgan fingerprint density at radius 1 is 1.50 bits per heavy atom. The van der Waals surface area contributed by atoms with Crippen molar-refractivity contribution in [1.29, 1.82) is 0 Å². The summed E-state index contributed by atoms with van der Waals surface area (Å²) in [6.45, 7) is 8.33. The first kappa shape index (κ1) is 12.0. The number of hydrogen-bond acceptors (Lipinski definition) is 4. The summed E-state index contributed by atoms with van der Waals surface area (Å²) in [5, 5.41) is 3.49. The van der Waals surface area contributed by atoms with Gasteiger partial charge in [0, 0.05) is 18.8 Å². The first-order valence-electron chi connectivity index (χ1n) is 5.77. The molecule has 1 N–H and O–H groups in total. The molecule has 2 aliphatic rings. The summed E-state index contributed by atoms with van der Waals surface area (Å²) in [7, 11) is 0. The van der Waals surface area contributed by atoms with Gasteiger partial charge in [-0.15, -0.1) is 11.8 Å². The predicted molar refractivity (Wildman–Crippen MR) is 65.6 cm³/mol. The summed E-state index contributed by atoms with van der Waals surface area (Å²) < 4.78 is 5.37. The van der Waals surface area contributed by atoms with Crippen molar-refractivity contribution in [1.82, 2.24) is 10.2 Å². The topological polar surface area (TPSA) is 41.6 Å². The monoisotopic (exact) mass is 244 g/mol. The highest BCUT2D eigenvalue weighted by atomic mass is 32.2. The predicted octanol–water partition coefficient (Wildman–Crippen LogP) is 1.66. The second kappa shape index (κ2) is 4.11. The molecule has 0 aliphatic carbocycles. The lowest BCUT2D eigenvalue weighted by atomic mass is 10.2. The summed E-state index contributed by atoms with van der Waals surface area (Å²) in [6, 6.07) is 0. The highest BCUT2D eigenvalue weighted by Crippen LogP contribution is 2.36. The van der Waals surface area contributed by atoms with Gasteiger partial charge in [-0.05, 0) is 27.2 Å². The highest BCUT2D eigenvalue weighted by molar-refractivity contribution is 8.00. The minimum absolute atomic E-state index is 0.108. The highest BCUT2D eigenvalue weighted by Gasteiger charge is 2.43. The number of rotatable bonds is 0. The van der Waals surface area contributed by atoms with Gasteiger partial charge in [-0.2, -0.15) is 0 Å². The molecule has 0 aromatic rings. The van der Waals surface area contributed by atoms with Crippen molar-refractivity contribution in [2.75, 3.05) is 25.4 Å². The zero-order valence-corrected chi connectivity index (χ0v) is 11.0. The van der Waals surface area contributed by atoms with Gasteiger partial charge in [0.2, 0.25) is 0 Å². The maximum absolute atomic E-state index is 11.9. The van der Waals surface area contributed by atoms with Crippen LogP contribution >= 0.6 is 11.8 Å².